The molecule has 140 valence electrons. The Bertz CT molecular complexity index is 887. The highest BCUT2D eigenvalue weighted by Crippen LogP contribution is 2.21. The molecule has 0 saturated heterocycles. The van der Waals surface area contributed by atoms with Crippen LogP contribution in [-0.2, 0) is 16.8 Å². The lowest BCUT2D eigenvalue weighted by molar-refractivity contribution is -0.116. The van der Waals surface area contributed by atoms with Crippen molar-refractivity contribution in [3.8, 4) is 12.3 Å². The van der Waals surface area contributed by atoms with Crippen LogP contribution < -0.4 is 10.6 Å². The van der Waals surface area contributed by atoms with Crippen molar-refractivity contribution in [3.63, 3.8) is 0 Å². The predicted octanol–water partition coefficient (Wildman–Crippen LogP) is 3.87. The molecule has 1 aromatic carbocycles. The third-order valence-corrected chi connectivity index (χ3v) is 4.00. The zero-order valence-corrected chi connectivity index (χ0v) is 16.1. The van der Waals surface area contributed by atoms with E-state index in [0.29, 0.717) is 11.1 Å². The van der Waals surface area contributed by atoms with Gasteiger partial charge in [0.25, 0.3) is 0 Å². The maximum absolute atomic E-state index is 14.0. The fraction of sp³-hybridized carbons (Fsp3) is 0.273. The normalized spacial score (nSPS) is 11.3. The minimum absolute atomic E-state index is 0.0189. The molecule has 0 unspecified atom stereocenters. The van der Waals surface area contributed by atoms with Crippen LogP contribution in [0.3, 0.4) is 0 Å². The molecular formula is C22H24FN3O. The number of rotatable bonds is 5. The topological polar surface area (TPSA) is 54.0 Å². The molecule has 0 fully saturated rings. The van der Waals surface area contributed by atoms with Gasteiger partial charge in [0, 0.05) is 37.0 Å². The highest BCUT2D eigenvalue weighted by molar-refractivity contribution is 5.91. The third kappa shape index (κ3) is 5.42. The van der Waals surface area contributed by atoms with Gasteiger partial charge >= 0.3 is 0 Å². The maximum Gasteiger partial charge on any atom is 0.244 e. The van der Waals surface area contributed by atoms with Gasteiger partial charge in [0.1, 0.15) is 5.82 Å². The van der Waals surface area contributed by atoms with E-state index in [1.165, 1.54) is 12.1 Å². The number of anilines is 1. The first kappa shape index (κ1) is 20.2. The highest BCUT2D eigenvalue weighted by atomic mass is 19.1. The van der Waals surface area contributed by atoms with Crippen LogP contribution in [0.25, 0.3) is 6.08 Å². The van der Waals surface area contributed by atoms with E-state index in [4.69, 9.17) is 6.42 Å². The average molecular weight is 365 g/mol. The summed E-state index contributed by atoms with van der Waals surface area (Å²) in [7, 11) is 1.61. The van der Waals surface area contributed by atoms with Gasteiger partial charge in [0.05, 0.1) is 11.3 Å². The monoisotopic (exact) mass is 365 g/mol. The molecule has 0 aliphatic carbocycles. The molecule has 4 nitrogen and oxygen atoms in total. The molecule has 2 N–H and O–H groups in total. The van der Waals surface area contributed by atoms with Gasteiger partial charge in [-0.1, -0.05) is 32.8 Å². The molecule has 0 atom stereocenters. The van der Waals surface area contributed by atoms with Gasteiger partial charge in [0.2, 0.25) is 5.91 Å². The fourth-order valence-electron chi connectivity index (χ4n) is 2.50. The number of aromatic nitrogens is 1. The van der Waals surface area contributed by atoms with Gasteiger partial charge < -0.3 is 10.6 Å². The first-order chi connectivity index (χ1) is 12.7. The van der Waals surface area contributed by atoms with E-state index < -0.39 is 5.82 Å². The Kier molecular flexibility index (Phi) is 6.36. The molecule has 0 aliphatic heterocycles. The molecule has 0 spiro atoms. The lowest BCUT2D eigenvalue weighted by atomic mass is 9.91. The summed E-state index contributed by atoms with van der Waals surface area (Å²) < 4.78 is 14.0. The number of terminal acetylenes is 1. The van der Waals surface area contributed by atoms with Crippen LogP contribution in [0.4, 0.5) is 10.1 Å². The number of benzene rings is 1. The molecule has 0 radical (unpaired) electrons. The molecule has 1 aromatic heterocycles. The van der Waals surface area contributed by atoms with E-state index in [-0.39, 0.29) is 23.6 Å². The van der Waals surface area contributed by atoms with Gasteiger partial charge in [-0.2, -0.15) is 0 Å². The average Bonchev–Trinajstić information content (AvgIpc) is 2.63. The molecule has 0 aliphatic rings. The summed E-state index contributed by atoms with van der Waals surface area (Å²) in [6.45, 7) is 6.46. The van der Waals surface area contributed by atoms with Crippen molar-refractivity contribution >= 4 is 17.7 Å². The van der Waals surface area contributed by atoms with Gasteiger partial charge in [-0.3, -0.25) is 9.78 Å². The van der Waals surface area contributed by atoms with Crippen LogP contribution in [0, 0.1) is 18.2 Å². The summed E-state index contributed by atoms with van der Waals surface area (Å²) in [5, 5.41) is 5.46. The van der Waals surface area contributed by atoms with Crippen molar-refractivity contribution in [1.29, 1.82) is 0 Å². The second kappa shape index (κ2) is 8.50. The Morgan fingerprint density at radius 2 is 2.07 bits per heavy atom. The lowest BCUT2D eigenvalue weighted by Gasteiger charge is -2.17. The van der Waals surface area contributed by atoms with E-state index in [2.05, 4.69) is 42.3 Å². The van der Waals surface area contributed by atoms with Crippen LogP contribution in [0.5, 0.6) is 0 Å². The largest absolute Gasteiger partial charge is 0.385 e. The number of nitrogens with zero attached hydrogens (tertiary/aromatic N) is 1. The van der Waals surface area contributed by atoms with E-state index in [9.17, 15) is 9.18 Å². The minimum Gasteiger partial charge on any atom is -0.385 e. The lowest BCUT2D eigenvalue weighted by Crippen LogP contribution is -2.20. The summed E-state index contributed by atoms with van der Waals surface area (Å²) in [5.74, 6) is 1.71. The predicted molar refractivity (Wildman–Crippen MR) is 108 cm³/mol. The van der Waals surface area contributed by atoms with E-state index >= 15 is 0 Å². The van der Waals surface area contributed by atoms with Crippen molar-refractivity contribution < 1.29 is 9.18 Å². The molecule has 2 aromatic rings. The number of halogens is 1. The van der Waals surface area contributed by atoms with Gasteiger partial charge in [-0.25, -0.2) is 4.39 Å². The zero-order chi connectivity index (χ0) is 20.0. The zero-order valence-electron chi connectivity index (χ0n) is 16.1. The summed E-state index contributed by atoms with van der Waals surface area (Å²) in [6.07, 6.45) is 10.3. The summed E-state index contributed by atoms with van der Waals surface area (Å²) in [4.78, 5) is 16.4. The quantitative estimate of drug-likeness (QED) is 0.625. The molecule has 0 saturated carbocycles. The number of hydrogen-bond acceptors (Lipinski definition) is 3. The Balaban J connectivity index is 1.99. The molecule has 0 bridgehead atoms. The van der Waals surface area contributed by atoms with Gasteiger partial charge in [-0.05, 0) is 35.4 Å². The van der Waals surface area contributed by atoms with Crippen LogP contribution in [0.1, 0.15) is 43.2 Å². The van der Waals surface area contributed by atoms with Crippen LogP contribution >= 0.6 is 0 Å². The number of amides is 1. The van der Waals surface area contributed by atoms with Crippen molar-refractivity contribution in [2.75, 3.05) is 12.4 Å². The van der Waals surface area contributed by atoms with E-state index in [1.807, 2.05) is 12.1 Å². The number of pyridine rings is 1. The second-order valence-electron chi connectivity index (χ2n) is 7.17. The second-order valence-corrected chi connectivity index (χ2v) is 7.17. The Hall–Kier alpha value is -3.13. The molecule has 27 heavy (non-hydrogen) atoms. The fourth-order valence-corrected chi connectivity index (χ4v) is 2.50. The van der Waals surface area contributed by atoms with Gasteiger partial charge in [-0.15, -0.1) is 6.42 Å². The molecule has 5 heteroatoms. The highest BCUT2D eigenvalue weighted by Gasteiger charge is 2.14. The van der Waals surface area contributed by atoms with Crippen molar-refractivity contribution in [3.05, 3.63) is 64.7 Å². The number of nitrogens with one attached hydrogen (secondary N) is 2. The Morgan fingerprint density at radius 3 is 2.63 bits per heavy atom. The van der Waals surface area contributed by atoms with Crippen molar-refractivity contribution in [1.82, 2.24) is 10.3 Å². The van der Waals surface area contributed by atoms with Crippen molar-refractivity contribution in [2.45, 2.75) is 32.7 Å². The Morgan fingerprint density at radius 1 is 1.33 bits per heavy atom. The molecule has 1 amide bonds. The van der Waals surface area contributed by atoms with Crippen LogP contribution in [-0.4, -0.2) is 17.9 Å². The molecule has 1 heterocycles. The SMILES string of the molecule is C#Cc1cc(CNC(=O)/C=C/c2ccc(C(C)(C)C)nc2)cc(F)c1NC. The summed E-state index contributed by atoms with van der Waals surface area (Å²) in [5.41, 5.74) is 3.09. The molecule has 2 rings (SSSR count). The first-order valence-corrected chi connectivity index (χ1v) is 8.64. The van der Waals surface area contributed by atoms with E-state index in [0.717, 1.165) is 11.3 Å². The maximum atomic E-state index is 14.0. The number of carbonyl (C=O) groups excluding carboxylic acids is 1. The van der Waals surface area contributed by atoms with Crippen LogP contribution in [0.15, 0.2) is 36.5 Å². The third-order valence-electron chi connectivity index (χ3n) is 4.00. The Labute approximate surface area is 159 Å². The van der Waals surface area contributed by atoms with Crippen LogP contribution in [0.2, 0.25) is 0 Å². The molecular weight excluding hydrogens is 341 g/mol. The standard InChI is InChI=1S/C22H24FN3O/c1-6-17-11-16(12-18(23)21(17)24-5)14-26-20(27)10-8-15-7-9-19(25-13-15)22(2,3)4/h1,7-13,24H,14H2,2-5H3,(H,26,27)/b10-8+. The number of carbonyl (C=O) groups is 1. The first-order valence-electron chi connectivity index (χ1n) is 8.64. The minimum atomic E-state index is -0.447. The van der Waals surface area contributed by atoms with Crippen molar-refractivity contribution in [2.24, 2.45) is 0 Å². The van der Waals surface area contributed by atoms with Gasteiger partial charge in [0.15, 0.2) is 0 Å². The summed E-state index contributed by atoms with van der Waals surface area (Å²) >= 11 is 0. The van der Waals surface area contributed by atoms with E-state index in [1.54, 1.807) is 25.4 Å². The number of hydrogen-bond donors (Lipinski definition) is 2. The summed E-state index contributed by atoms with van der Waals surface area (Å²) in [6, 6.07) is 6.90. The smallest absolute Gasteiger partial charge is 0.244 e.